The Labute approximate surface area is 141 Å². The first-order chi connectivity index (χ1) is 11.0. The highest BCUT2D eigenvalue weighted by Crippen LogP contribution is 2.49. The molecule has 4 rings (SSSR count). The lowest BCUT2D eigenvalue weighted by Crippen LogP contribution is -2.49. The molecule has 7 heteroatoms. The summed E-state index contributed by atoms with van der Waals surface area (Å²) in [4.78, 5) is 37.7. The van der Waals surface area contributed by atoms with Gasteiger partial charge in [0.1, 0.15) is 5.54 Å². The van der Waals surface area contributed by atoms with Gasteiger partial charge in [-0.3, -0.25) is 14.9 Å². The number of halogens is 1. The number of amides is 4. The molecule has 3 fully saturated rings. The van der Waals surface area contributed by atoms with E-state index in [4.69, 9.17) is 0 Å². The van der Waals surface area contributed by atoms with E-state index >= 15 is 0 Å². The number of hydrogen-bond donors (Lipinski definition) is 2. The highest BCUT2D eigenvalue weighted by molar-refractivity contribution is 9.10. The van der Waals surface area contributed by atoms with Crippen molar-refractivity contribution in [3.05, 3.63) is 34.3 Å². The number of carbonyl (C=O) groups is 3. The quantitative estimate of drug-likeness (QED) is 0.763. The summed E-state index contributed by atoms with van der Waals surface area (Å²) in [5, 5.41) is 4.94. The summed E-state index contributed by atoms with van der Waals surface area (Å²) in [6.45, 7) is 0.777. The molecular weight excluding hydrogens is 362 g/mol. The van der Waals surface area contributed by atoms with Gasteiger partial charge in [0.05, 0.1) is 6.54 Å². The first-order valence-corrected chi connectivity index (χ1v) is 8.46. The van der Waals surface area contributed by atoms with Gasteiger partial charge in [0, 0.05) is 16.9 Å². The predicted octanol–water partition coefficient (Wildman–Crippen LogP) is 1.36. The second kappa shape index (κ2) is 5.06. The van der Waals surface area contributed by atoms with E-state index in [1.807, 2.05) is 24.3 Å². The van der Waals surface area contributed by atoms with Gasteiger partial charge in [0.2, 0.25) is 5.91 Å². The van der Waals surface area contributed by atoms with Gasteiger partial charge in [0.15, 0.2) is 0 Å². The van der Waals surface area contributed by atoms with Gasteiger partial charge < -0.3 is 10.2 Å². The summed E-state index contributed by atoms with van der Waals surface area (Å²) < 4.78 is 1.01. The summed E-state index contributed by atoms with van der Waals surface area (Å²) in [5.41, 5.74) is 0.242. The summed E-state index contributed by atoms with van der Waals surface area (Å²) in [6.07, 6.45) is 1.32. The van der Waals surface area contributed by atoms with Crippen molar-refractivity contribution in [2.45, 2.75) is 24.3 Å². The fraction of sp³-hybridized carbons (Fsp3) is 0.438. The molecule has 2 heterocycles. The van der Waals surface area contributed by atoms with E-state index in [2.05, 4.69) is 26.6 Å². The Hall–Kier alpha value is -1.89. The highest BCUT2D eigenvalue weighted by Gasteiger charge is 2.54. The third-order valence-corrected chi connectivity index (χ3v) is 5.47. The molecule has 1 saturated carbocycles. The maximum absolute atomic E-state index is 12.7. The van der Waals surface area contributed by atoms with Crippen LogP contribution in [-0.4, -0.2) is 41.4 Å². The minimum absolute atomic E-state index is 0.0142. The van der Waals surface area contributed by atoms with Gasteiger partial charge in [0.25, 0.3) is 5.91 Å². The zero-order chi connectivity index (χ0) is 16.2. The van der Waals surface area contributed by atoms with Gasteiger partial charge in [-0.25, -0.2) is 4.79 Å². The molecule has 3 atom stereocenters. The second-order valence-corrected chi connectivity index (χ2v) is 7.42. The molecule has 4 amide bonds. The molecule has 120 valence electrons. The van der Waals surface area contributed by atoms with Crippen molar-refractivity contribution in [2.75, 3.05) is 13.1 Å². The SMILES string of the molecule is O=C1NC(=O)[C@]2(CCN(C(=O)[C@@H]3C[C@@H]3c3cccc(Br)c3)C2)N1. The lowest BCUT2D eigenvalue weighted by Gasteiger charge is -2.21. The van der Waals surface area contributed by atoms with Crippen molar-refractivity contribution < 1.29 is 14.4 Å². The average Bonchev–Trinajstić information content (AvgIpc) is 3.12. The molecule has 1 aliphatic carbocycles. The van der Waals surface area contributed by atoms with Gasteiger partial charge in [-0.1, -0.05) is 28.1 Å². The minimum atomic E-state index is -0.924. The average molecular weight is 378 g/mol. The number of likely N-dealkylation sites (tertiary alicyclic amines) is 1. The van der Waals surface area contributed by atoms with Crippen LogP contribution in [0.3, 0.4) is 0 Å². The molecule has 3 aliphatic rings. The molecule has 0 radical (unpaired) electrons. The van der Waals surface area contributed by atoms with Crippen molar-refractivity contribution in [3.63, 3.8) is 0 Å². The van der Waals surface area contributed by atoms with E-state index in [0.29, 0.717) is 13.0 Å². The number of benzene rings is 1. The topological polar surface area (TPSA) is 78.5 Å². The van der Waals surface area contributed by atoms with Gasteiger partial charge in [-0.2, -0.15) is 0 Å². The molecule has 0 bridgehead atoms. The van der Waals surface area contributed by atoms with E-state index < -0.39 is 11.6 Å². The fourth-order valence-corrected chi connectivity index (χ4v) is 4.04. The Balaban J connectivity index is 1.44. The summed E-state index contributed by atoms with van der Waals surface area (Å²) >= 11 is 3.45. The number of hydrogen-bond acceptors (Lipinski definition) is 3. The molecule has 1 spiro atoms. The number of nitrogens with one attached hydrogen (secondary N) is 2. The van der Waals surface area contributed by atoms with E-state index in [1.54, 1.807) is 4.90 Å². The van der Waals surface area contributed by atoms with Crippen LogP contribution < -0.4 is 10.6 Å². The molecule has 1 aromatic carbocycles. The van der Waals surface area contributed by atoms with Crippen LogP contribution in [0.15, 0.2) is 28.7 Å². The summed E-state index contributed by atoms with van der Waals surface area (Å²) in [6, 6.07) is 7.56. The predicted molar refractivity (Wildman–Crippen MR) is 85.6 cm³/mol. The number of carbonyl (C=O) groups excluding carboxylic acids is 3. The number of nitrogens with zero attached hydrogens (tertiary/aromatic N) is 1. The summed E-state index contributed by atoms with van der Waals surface area (Å²) in [7, 11) is 0. The van der Waals surface area contributed by atoms with E-state index in [9.17, 15) is 14.4 Å². The van der Waals surface area contributed by atoms with Crippen LogP contribution in [0.25, 0.3) is 0 Å². The molecule has 2 N–H and O–H groups in total. The van der Waals surface area contributed by atoms with Crippen molar-refractivity contribution in [3.8, 4) is 0 Å². The maximum atomic E-state index is 12.7. The van der Waals surface area contributed by atoms with E-state index in [-0.39, 0.29) is 30.2 Å². The van der Waals surface area contributed by atoms with Crippen molar-refractivity contribution in [1.82, 2.24) is 15.5 Å². The van der Waals surface area contributed by atoms with Crippen LogP contribution in [0.5, 0.6) is 0 Å². The Kier molecular flexibility index (Phi) is 3.23. The van der Waals surface area contributed by atoms with Gasteiger partial charge in [-0.15, -0.1) is 0 Å². The summed E-state index contributed by atoms with van der Waals surface area (Å²) in [5.74, 6) is 0.00102. The largest absolute Gasteiger partial charge is 0.339 e. The van der Waals surface area contributed by atoms with Gasteiger partial charge in [-0.05, 0) is 36.5 Å². The molecule has 23 heavy (non-hydrogen) atoms. The Morgan fingerprint density at radius 1 is 1.35 bits per heavy atom. The van der Waals surface area contributed by atoms with Crippen molar-refractivity contribution >= 4 is 33.8 Å². The lowest BCUT2D eigenvalue weighted by molar-refractivity contribution is -0.132. The van der Waals surface area contributed by atoms with Crippen molar-refractivity contribution in [2.24, 2.45) is 5.92 Å². The molecule has 2 aliphatic heterocycles. The molecule has 0 aromatic heterocycles. The Morgan fingerprint density at radius 3 is 2.87 bits per heavy atom. The zero-order valence-electron chi connectivity index (χ0n) is 12.3. The minimum Gasteiger partial charge on any atom is -0.339 e. The van der Waals surface area contributed by atoms with Crippen LogP contribution in [0.2, 0.25) is 0 Å². The zero-order valence-corrected chi connectivity index (χ0v) is 13.9. The lowest BCUT2D eigenvalue weighted by atomic mass is 9.99. The van der Waals surface area contributed by atoms with Crippen LogP contribution in [0.1, 0.15) is 24.3 Å². The Morgan fingerprint density at radius 2 is 2.17 bits per heavy atom. The fourth-order valence-electron chi connectivity index (χ4n) is 3.62. The first-order valence-electron chi connectivity index (χ1n) is 7.66. The number of imide groups is 1. The maximum Gasteiger partial charge on any atom is 0.322 e. The molecular formula is C16H16BrN3O3. The smallest absolute Gasteiger partial charge is 0.322 e. The van der Waals surface area contributed by atoms with Gasteiger partial charge >= 0.3 is 6.03 Å². The normalized spacial score (nSPS) is 32.1. The Bertz CT molecular complexity index is 722. The number of rotatable bonds is 2. The third kappa shape index (κ3) is 2.43. The first kappa shape index (κ1) is 14.7. The highest BCUT2D eigenvalue weighted by atomic mass is 79.9. The van der Waals surface area contributed by atoms with E-state index in [1.165, 1.54) is 5.56 Å². The number of urea groups is 1. The molecule has 6 nitrogen and oxygen atoms in total. The monoisotopic (exact) mass is 377 g/mol. The third-order valence-electron chi connectivity index (χ3n) is 4.98. The standard InChI is InChI=1S/C16H16BrN3O3/c17-10-3-1-2-9(6-10)11-7-12(11)13(21)20-5-4-16(8-20)14(22)18-15(23)19-16/h1-3,6,11-12H,4-5,7-8H2,(H2,18,19,22,23)/t11-,12-,16-/m1/s1. The van der Waals surface area contributed by atoms with Crippen LogP contribution >= 0.6 is 15.9 Å². The van der Waals surface area contributed by atoms with E-state index in [0.717, 1.165) is 10.9 Å². The second-order valence-electron chi connectivity index (χ2n) is 6.50. The van der Waals surface area contributed by atoms with Crippen molar-refractivity contribution in [1.29, 1.82) is 0 Å². The van der Waals surface area contributed by atoms with Crippen LogP contribution in [0.4, 0.5) is 4.79 Å². The van der Waals surface area contributed by atoms with Crippen LogP contribution in [0, 0.1) is 5.92 Å². The molecule has 2 saturated heterocycles. The molecule has 1 aromatic rings. The molecule has 0 unspecified atom stereocenters. The van der Waals surface area contributed by atoms with Crippen LogP contribution in [-0.2, 0) is 9.59 Å².